The van der Waals surface area contributed by atoms with Crippen molar-refractivity contribution < 1.29 is 13.5 Å². The van der Waals surface area contributed by atoms with Crippen LogP contribution in [0.4, 0.5) is 0 Å². The number of pyridine rings is 1. The molecule has 1 aliphatic rings. The predicted molar refractivity (Wildman–Crippen MR) is 85.0 cm³/mol. The summed E-state index contributed by atoms with van der Waals surface area (Å²) in [7, 11) is -3.65. The van der Waals surface area contributed by atoms with Crippen LogP contribution in [0.15, 0.2) is 41.4 Å². The second kappa shape index (κ2) is 5.95. The first-order valence-electron chi connectivity index (χ1n) is 7.55. The molecular weight excluding hydrogens is 300 g/mol. The summed E-state index contributed by atoms with van der Waals surface area (Å²) in [5, 5.41) is 10.6. The number of nitrogens with zero attached hydrogens (tertiary/aromatic N) is 2. The SMILES string of the molecule is C[C@H](O)[C@H]1CCCCN1S(=O)(=O)c1cccc2ncccc12. The van der Waals surface area contributed by atoms with Crippen LogP contribution in [0.3, 0.4) is 0 Å². The highest BCUT2D eigenvalue weighted by Gasteiger charge is 2.36. The molecule has 0 amide bonds. The van der Waals surface area contributed by atoms with Gasteiger partial charge in [0.15, 0.2) is 0 Å². The van der Waals surface area contributed by atoms with Crippen molar-refractivity contribution in [3.8, 4) is 0 Å². The van der Waals surface area contributed by atoms with Crippen molar-refractivity contribution in [3.63, 3.8) is 0 Å². The van der Waals surface area contributed by atoms with Gasteiger partial charge in [-0.2, -0.15) is 4.31 Å². The minimum atomic E-state index is -3.65. The maximum absolute atomic E-state index is 13.1. The Labute approximate surface area is 130 Å². The average molecular weight is 320 g/mol. The first-order valence-corrected chi connectivity index (χ1v) is 8.99. The van der Waals surface area contributed by atoms with Crippen molar-refractivity contribution in [2.24, 2.45) is 0 Å². The molecule has 0 saturated carbocycles. The van der Waals surface area contributed by atoms with Gasteiger partial charge in [-0.05, 0) is 44.0 Å². The normalized spacial score (nSPS) is 21.8. The van der Waals surface area contributed by atoms with Crippen LogP contribution in [-0.4, -0.2) is 41.5 Å². The predicted octanol–water partition coefficient (Wildman–Crippen LogP) is 2.16. The largest absolute Gasteiger partial charge is 0.392 e. The van der Waals surface area contributed by atoms with Gasteiger partial charge >= 0.3 is 0 Å². The second-order valence-corrected chi connectivity index (χ2v) is 7.60. The second-order valence-electron chi connectivity index (χ2n) is 5.75. The van der Waals surface area contributed by atoms with Crippen LogP contribution in [0.5, 0.6) is 0 Å². The fourth-order valence-corrected chi connectivity index (χ4v) is 5.10. The molecule has 1 fully saturated rings. The van der Waals surface area contributed by atoms with E-state index in [-0.39, 0.29) is 10.9 Å². The van der Waals surface area contributed by atoms with Gasteiger partial charge in [0.1, 0.15) is 0 Å². The summed E-state index contributed by atoms with van der Waals surface area (Å²) >= 11 is 0. The molecule has 118 valence electrons. The Morgan fingerprint density at radius 1 is 1.27 bits per heavy atom. The van der Waals surface area contributed by atoms with E-state index in [9.17, 15) is 13.5 Å². The van der Waals surface area contributed by atoms with Crippen LogP contribution >= 0.6 is 0 Å². The number of sulfonamides is 1. The van der Waals surface area contributed by atoms with Crippen LogP contribution in [0.2, 0.25) is 0 Å². The number of fused-ring (bicyclic) bond motifs is 1. The highest BCUT2D eigenvalue weighted by molar-refractivity contribution is 7.89. The van der Waals surface area contributed by atoms with Gasteiger partial charge in [0, 0.05) is 18.1 Å². The molecule has 22 heavy (non-hydrogen) atoms. The molecule has 0 bridgehead atoms. The highest BCUT2D eigenvalue weighted by atomic mass is 32.2. The fourth-order valence-electron chi connectivity index (χ4n) is 3.14. The summed E-state index contributed by atoms with van der Waals surface area (Å²) in [5.41, 5.74) is 0.661. The Morgan fingerprint density at radius 3 is 2.86 bits per heavy atom. The van der Waals surface area contributed by atoms with Crippen LogP contribution < -0.4 is 0 Å². The fraction of sp³-hybridized carbons (Fsp3) is 0.438. The van der Waals surface area contributed by atoms with E-state index in [0.29, 0.717) is 23.9 Å². The minimum Gasteiger partial charge on any atom is -0.392 e. The van der Waals surface area contributed by atoms with Crippen molar-refractivity contribution in [1.82, 2.24) is 9.29 Å². The van der Waals surface area contributed by atoms with E-state index in [1.54, 1.807) is 43.5 Å². The number of aromatic nitrogens is 1. The van der Waals surface area contributed by atoms with Gasteiger partial charge < -0.3 is 5.11 Å². The van der Waals surface area contributed by atoms with E-state index in [1.807, 2.05) is 0 Å². The number of aliphatic hydroxyl groups is 1. The zero-order chi connectivity index (χ0) is 15.7. The van der Waals surface area contributed by atoms with Gasteiger partial charge in [-0.1, -0.05) is 12.5 Å². The number of piperidine rings is 1. The maximum Gasteiger partial charge on any atom is 0.244 e. The van der Waals surface area contributed by atoms with Crippen LogP contribution in [0.1, 0.15) is 26.2 Å². The Hall–Kier alpha value is -1.50. The molecule has 1 N–H and O–H groups in total. The Balaban J connectivity index is 2.11. The molecule has 0 unspecified atom stereocenters. The van der Waals surface area contributed by atoms with Crippen molar-refractivity contribution >= 4 is 20.9 Å². The molecule has 0 radical (unpaired) electrons. The molecule has 1 aliphatic heterocycles. The summed E-state index contributed by atoms with van der Waals surface area (Å²) in [4.78, 5) is 4.49. The Morgan fingerprint density at radius 2 is 2.09 bits per heavy atom. The van der Waals surface area contributed by atoms with Crippen molar-refractivity contribution in [1.29, 1.82) is 0 Å². The quantitative estimate of drug-likeness (QED) is 0.941. The van der Waals surface area contributed by atoms with Crippen LogP contribution in [0, 0.1) is 0 Å². The van der Waals surface area contributed by atoms with Gasteiger partial charge in [-0.15, -0.1) is 0 Å². The van der Waals surface area contributed by atoms with E-state index >= 15 is 0 Å². The first-order chi connectivity index (χ1) is 10.5. The average Bonchev–Trinajstić information content (AvgIpc) is 2.54. The third kappa shape index (κ3) is 2.62. The monoisotopic (exact) mass is 320 g/mol. The van der Waals surface area contributed by atoms with Gasteiger partial charge in [0.2, 0.25) is 10.0 Å². The zero-order valence-electron chi connectivity index (χ0n) is 12.5. The van der Waals surface area contributed by atoms with E-state index < -0.39 is 16.1 Å². The Bertz CT molecular complexity index is 769. The molecule has 0 aliphatic carbocycles. The molecule has 1 aromatic carbocycles. The van der Waals surface area contributed by atoms with Crippen LogP contribution in [-0.2, 0) is 10.0 Å². The van der Waals surface area contributed by atoms with E-state index in [4.69, 9.17) is 0 Å². The summed E-state index contributed by atoms with van der Waals surface area (Å²) in [6.07, 6.45) is 3.44. The van der Waals surface area contributed by atoms with E-state index in [2.05, 4.69) is 4.98 Å². The number of hydrogen-bond donors (Lipinski definition) is 1. The molecule has 3 rings (SSSR count). The lowest BCUT2D eigenvalue weighted by molar-refractivity contribution is 0.0831. The van der Waals surface area contributed by atoms with Crippen molar-refractivity contribution in [2.45, 2.75) is 43.2 Å². The molecule has 6 heteroatoms. The maximum atomic E-state index is 13.1. The highest BCUT2D eigenvalue weighted by Crippen LogP contribution is 2.30. The molecular formula is C16H20N2O3S. The molecule has 5 nitrogen and oxygen atoms in total. The van der Waals surface area contributed by atoms with Gasteiger partial charge in [-0.3, -0.25) is 4.98 Å². The zero-order valence-corrected chi connectivity index (χ0v) is 13.3. The number of aliphatic hydroxyl groups excluding tert-OH is 1. The van der Waals surface area contributed by atoms with Gasteiger partial charge in [-0.25, -0.2) is 8.42 Å². The minimum absolute atomic E-state index is 0.269. The lowest BCUT2D eigenvalue weighted by Gasteiger charge is -2.36. The van der Waals surface area contributed by atoms with E-state index in [0.717, 1.165) is 12.8 Å². The molecule has 1 saturated heterocycles. The first kappa shape index (κ1) is 15.4. The molecule has 2 heterocycles. The smallest absolute Gasteiger partial charge is 0.244 e. The lowest BCUT2D eigenvalue weighted by Crippen LogP contribution is -2.48. The van der Waals surface area contributed by atoms with Crippen molar-refractivity contribution in [2.75, 3.05) is 6.54 Å². The van der Waals surface area contributed by atoms with E-state index in [1.165, 1.54) is 4.31 Å². The molecule has 2 aromatic rings. The van der Waals surface area contributed by atoms with Crippen molar-refractivity contribution in [3.05, 3.63) is 36.5 Å². The number of hydrogen-bond acceptors (Lipinski definition) is 4. The summed E-state index contributed by atoms with van der Waals surface area (Å²) < 4.78 is 27.7. The third-order valence-electron chi connectivity index (χ3n) is 4.25. The molecule has 2 atom stereocenters. The number of benzene rings is 1. The summed E-state index contributed by atoms with van der Waals surface area (Å²) in [6.45, 7) is 2.11. The summed E-state index contributed by atoms with van der Waals surface area (Å²) in [6, 6.07) is 8.29. The molecule has 0 spiro atoms. The lowest BCUT2D eigenvalue weighted by atomic mass is 10.0. The third-order valence-corrected chi connectivity index (χ3v) is 6.23. The van der Waals surface area contributed by atoms with Gasteiger partial charge in [0.05, 0.1) is 22.6 Å². The topological polar surface area (TPSA) is 70.5 Å². The molecule has 1 aromatic heterocycles. The standard InChI is InChI=1S/C16H20N2O3S/c1-12(19)15-8-2-3-11-18(15)22(20,21)16-9-4-7-14-13(16)6-5-10-17-14/h4-7,9-10,12,15,19H,2-3,8,11H2,1H3/t12-,15+/m0/s1. The summed E-state index contributed by atoms with van der Waals surface area (Å²) in [5.74, 6) is 0. The van der Waals surface area contributed by atoms with Gasteiger partial charge in [0.25, 0.3) is 0 Å². The number of rotatable bonds is 3. The van der Waals surface area contributed by atoms with Crippen LogP contribution in [0.25, 0.3) is 10.9 Å². The Kier molecular flexibility index (Phi) is 4.16.